The number of halogens is 1. The van der Waals surface area contributed by atoms with E-state index in [1.807, 2.05) is 50.4 Å². The van der Waals surface area contributed by atoms with E-state index in [9.17, 15) is 5.11 Å². The highest BCUT2D eigenvalue weighted by Crippen LogP contribution is 2.42. The zero-order valence-corrected chi connectivity index (χ0v) is 15.2. The van der Waals surface area contributed by atoms with Gasteiger partial charge in [-0.15, -0.1) is 5.10 Å². The second kappa shape index (κ2) is 6.34. The van der Waals surface area contributed by atoms with E-state index in [0.29, 0.717) is 22.2 Å². The summed E-state index contributed by atoms with van der Waals surface area (Å²) >= 11 is 6.14. The molecule has 3 aromatic rings. The number of fused-ring (bicyclic) bond motifs is 1. The van der Waals surface area contributed by atoms with E-state index in [0.717, 1.165) is 5.69 Å². The number of nitrogens with zero attached hydrogens (tertiary/aromatic N) is 2. The lowest BCUT2D eigenvalue weighted by molar-refractivity contribution is -0.104. The summed E-state index contributed by atoms with van der Waals surface area (Å²) < 4.78 is 13.7. The van der Waals surface area contributed by atoms with Crippen LogP contribution in [0, 0.1) is 0 Å². The van der Waals surface area contributed by atoms with Gasteiger partial charge >= 0.3 is 0 Å². The number of aromatic nitrogens is 2. The second-order valence-electron chi connectivity index (χ2n) is 6.81. The maximum atomic E-state index is 10.8. The number of hydrogen-bond donors (Lipinski definition) is 1. The SMILES string of the molecule is CC1(C)Oc2ccc(Cl)cc2C(Oc2ccn(-c3ccccc3)n2)C1O. The van der Waals surface area contributed by atoms with E-state index < -0.39 is 17.8 Å². The topological polar surface area (TPSA) is 56.5 Å². The van der Waals surface area contributed by atoms with Crippen LogP contribution in [-0.4, -0.2) is 26.6 Å². The summed E-state index contributed by atoms with van der Waals surface area (Å²) in [6.45, 7) is 3.66. The minimum Gasteiger partial charge on any atom is -0.485 e. The lowest BCUT2D eigenvalue weighted by Crippen LogP contribution is -2.50. The van der Waals surface area contributed by atoms with E-state index in [1.54, 1.807) is 28.9 Å². The molecule has 0 spiro atoms. The molecule has 0 bridgehead atoms. The van der Waals surface area contributed by atoms with Crippen molar-refractivity contribution in [2.75, 3.05) is 0 Å². The molecule has 0 saturated heterocycles. The van der Waals surface area contributed by atoms with Gasteiger partial charge in [0.25, 0.3) is 0 Å². The Kier molecular flexibility index (Phi) is 4.13. The number of rotatable bonds is 3. The van der Waals surface area contributed by atoms with Gasteiger partial charge in [0, 0.05) is 22.8 Å². The predicted octanol–water partition coefficient (Wildman–Crippen LogP) is 4.18. The molecule has 1 N–H and O–H groups in total. The zero-order chi connectivity index (χ0) is 18.3. The van der Waals surface area contributed by atoms with Gasteiger partial charge in [-0.3, -0.25) is 0 Å². The fourth-order valence-electron chi connectivity index (χ4n) is 3.07. The van der Waals surface area contributed by atoms with Crippen LogP contribution in [-0.2, 0) is 0 Å². The average Bonchev–Trinajstić information content (AvgIpc) is 3.09. The van der Waals surface area contributed by atoms with Crippen LogP contribution < -0.4 is 9.47 Å². The molecule has 5 nitrogen and oxygen atoms in total. The Morgan fingerprint density at radius 2 is 1.92 bits per heavy atom. The molecule has 2 aromatic carbocycles. The molecule has 2 unspecified atom stereocenters. The van der Waals surface area contributed by atoms with E-state index in [2.05, 4.69) is 5.10 Å². The smallest absolute Gasteiger partial charge is 0.233 e. The third kappa shape index (κ3) is 3.04. The normalized spacial score (nSPS) is 20.9. The van der Waals surface area contributed by atoms with Crippen molar-refractivity contribution in [3.8, 4) is 17.3 Å². The minimum atomic E-state index is -0.879. The minimum absolute atomic E-state index is 0.418. The van der Waals surface area contributed by atoms with E-state index in [1.165, 1.54) is 0 Å². The Balaban J connectivity index is 1.67. The first-order valence-electron chi connectivity index (χ1n) is 8.38. The van der Waals surface area contributed by atoms with Crippen molar-refractivity contribution >= 4 is 11.6 Å². The highest BCUT2D eigenvalue weighted by atomic mass is 35.5. The van der Waals surface area contributed by atoms with Crippen LogP contribution >= 0.6 is 11.6 Å². The van der Waals surface area contributed by atoms with Gasteiger partial charge in [0.2, 0.25) is 5.88 Å². The number of aliphatic hydroxyl groups excluding tert-OH is 1. The summed E-state index contributed by atoms with van der Waals surface area (Å²) in [7, 11) is 0. The Hall–Kier alpha value is -2.50. The summed E-state index contributed by atoms with van der Waals surface area (Å²) in [4.78, 5) is 0. The lowest BCUT2D eigenvalue weighted by atomic mass is 9.88. The third-order valence-corrected chi connectivity index (χ3v) is 4.72. The first-order chi connectivity index (χ1) is 12.4. The maximum absolute atomic E-state index is 10.8. The van der Waals surface area contributed by atoms with Gasteiger partial charge < -0.3 is 14.6 Å². The molecule has 26 heavy (non-hydrogen) atoms. The van der Waals surface area contributed by atoms with Crippen LogP contribution in [0.1, 0.15) is 25.5 Å². The van der Waals surface area contributed by atoms with Crippen LogP contribution in [0.4, 0.5) is 0 Å². The fraction of sp³-hybridized carbons (Fsp3) is 0.250. The van der Waals surface area contributed by atoms with Crippen LogP contribution in [0.5, 0.6) is 11.6 Å². The van der Waals surface area contributed by atoms with Crippen molar-refractivity contribution in [3.05, 3.63) is 71.4 Å². The van der Waals surface area contributed by atoms with Crippen LogP contribution in [0.3, 0.4) is 0 Å². The van der Waals surface area contributed by atoms with Crippen molar-refractivity contribution in [3.63, 3.8) is 0 Å². The quantitative estimate of drug-likeness (QED) is 0.751. The summed E-state index contributed by atoms with van der Waals surface area (Å²) in [6, 6.07) is 16.8. The summed E-state index contributed by atoms with van der Waals surface area (Å²) in [5.74, 6) is 1.07. The van der Waals surface area contributed by atoms with E-state index >= 15 is 0 Å². The third-order valence-electron chi connectivity index (χ3n) is 4.48. The summed E-state index contributed by atoms with van der Waals surface area (Å²) in [5, 5.41) is 15.8. The Morgan fingerprint density at radius 1 is 1.15 bits per heavy atom. The van der Waals surface area contributed by atoms with Crippen LogP contribution in [0.15, 0.2) is 60.8 Å². The Morgan fingerprint density at radius 3 is 2.69 bits per heavy atom. The van der Waals surface area contributed by atoms with Crippen molar-refractivity contribution in [1.82, 2.24) is 9.78 Å². The average molecular weight is 371 g/mol. The molecule has 6 heteroatoms. The number of aliphatic hydroxyl groups is 1. The molecule has 1 aromatic heterocycles. The summed E-state index contributed by atoms with van der Waals surface area (Å²) in [5.41, 5.74) is 0.838. The molecule has 4 rings (SSSR count). The molecule has 134 valence electrons. The molecule has 0 fully saturated rings. The molecule has 0 amide bonds. The highest BCUT2D eigenvalue weighted by molar-refractivity contribution is 6.30. The number of para-hydroxylation sites is 1. The zero-order valence-electron chi connectivity index (χ0n) is 14.5. The highest BCUT2D eigenvalue weighted by Gasteiger charge is 2.44. The number of benzene rings is 2. The van der Waals surface area contributed by atoms with Crippen molar-refractivity contribution in [2.45, 2.75) is 31.7 Å². The van der Waals surface area contributed by atoms with E-state index in [-0.39, 0.29) is 0 Å². The van der Waals surface area contributed by atoms with Gasteiger partial charge in [0.15, 0.2) is 6.10 Å². The largest absolute Gasteiger partial charge is 0.485 e. The van der Waals surface area contributed by atoms with Crippen LogP contribution in [0.2, 0.25) is 5.02 Å². The van der Waals surface area contributed by atoms with Crippen LogP contribution in [0.25, 0.3) is 5.69 Å². The van der Waals surface area contributed by atoms with Crippen molar-refractivity contribution in [2.24, 2.45) is 0 Å². The molecular formula is C20H19ClN2O3. The van der Waals surface area contributed by atoms with Crippen molar-refractivity contribution in [1.29, 1.82) is 0 Å². The second-order valence-corrected chi connectivity index (χ2v) is 7.24. The molecule has 1 aliphatic rings. The predicted molar refractivity (Wildman–Crippen MR) is 99.1 cm³/mol. The summed E-state index contributed by atoms with van der Waals surface area (Å²) in [6.07, 6.45) is 0.308. The van der Waals surface area contributed by atoms with Gasteiger partial charge in [-0.25, -0.2) is 4.68 Å². The maximum Gasteiger partial charge on any atom is 0.233 e. The molecule has 0 saturated carbocycles. The Labute approximate surface area is 156 Å². The molecule has 1 aliphatic heterocycles. The molecular weight excluding hydrogens is 352 g/mol. The first kappa shape index (κ1) is 16.9. The van der Waals surface area contributed by atoms with Gasteiger partial charge in [0.05, 0.1) is 5.69 Å². The fourth-order valence-corrected chi connectivity index (χ4v) is 3.25. The number of ether oxygens (including phenoxy) is 2. The van der Waals surface area contributed by atoms with Gasteiger partial charge in [0.1, 0.15) is 17.5 Å². The number of hydrogen-bond acceptors (Lipinski definition) is 4. The molecule has 2 heterocycles. The molecule has 0 aliphatic carbocycles. The molecule has 2 atom stereocenters. The Bertz CT molecular complexity index is 924. The lowest BCUT2D eigenvalue weighted by Gasteiger charge is -2.41. The van der Waals surface area contributed by atoms with Gasteiger partial charge in [-0.2, -0.15) is 0 Å². The standard InChI is InChI=1S/C20H19ClN2O3/c1-20(2)19(24)18(15-12-13(21)8-9-16(15)26-20)25-17-10-11-23(22-17)14-6-4-3-5-7-14/h3-12,18-19,24H,1-2H3. The first-order valence-corrected chi connectivity index (χ1v) is 8.76. The monoisotopic (exact) mass is 370 g/mol. The van der Waals surface area contributed by atoms with E-state index in [4.69, 9.17) is 21.1 Å². The van der Waals surface area contributed by atoms with Gasteiger partial charge in [-0.05, 0) is 44.2 Å². The van der Waals surface area contributed by atoms with Crippen molar-refractivity contribution < 1.29 is 14.6 Å². The molecule has 0 radical (unpaired) electrons. The van der Waals surface area contributed by atoms with Gasteiger partial charge in [-0.1, -0.05) is 29.8 Å².